The molecule has 0 atom stereocenters. The molecule has 0 bridgehead atoms. The van der Waals surface area contributed by atoms with Crippen LogP contribution in [0.25, 0.3) is 0 Å². The zero-order valence-corrected chi connectivity index (χ0v) is 19.6. The molecule has 0 radical (unpaired) electrons. The van der Waals surface area contributed by atoms with Gasteiger partial charge in [0, 0.05) is 0 Å². The molecule has 0 fully saturated rings. The third-order valence-corrected chi connectivity index (χ3v) is 5.29. The maximum absolute atomic E-state index is 2.38. The molecule has 0 aromatic heterocycles. The summed E-state index contributed by atoms with van der Waals surface area (Å²) in [7, 11) is 0. The summed E-state index contributed by atoms with van der Waals surface area (Å²) in [6.45, 7) is 25.1. The van der Waals surface area contributed by atoms with Gasteiger partial charge in [-0.1, -0.05) is 74.1 Å². The standard InChI is InChI=1S/C16H36N.C6H15N.ClH/c1-5-9-13-17(14-10-6-2,15-11-7-3)16-12-8-4;1-4-7(5-2)6-3;/h5-16H2,1-4H3;4-6H2,1-3H3;1H/q+1;;/p-1. The van der Waals surface area contributed by atoms with E-state index in [0.29, 0.717) is 0 Å². The smallest absolute Gasteiger partial charge is 0.0786 e. The maximum atomic E-state index is 2.38. The lowest BCUT2D eigenvalue weighted by Gasteiger charge is -2.39. The molecule has 0 saturated carbocycles. The van der Waals surface area contributed by atoms with Gasteiger partial charge in [-0.3, -0.25) is 0 Å². The topological polar surface area (TPSA) is 3.24 Å². The molecule has 25 heavy (non-hydrogen) atoms. The van der Waals surface area contributed by atoms with Crippen molar-refractivity contribution in [3.63, 3.8) is 0 Å². The summed E-state index contributed by atoms with van der Waals surface area (Å²) in [5.41, 5.74) is 0. The number of unbranched alkanes of at least 4 members (excludes halogenated alkanes) is 4. The first-order valence-corrected chi connectivity index (χ1v) is 11.2. The minimum absolute atomic E-state index is 0. The molecule has 3 heteroatoms. The van der Waals surface area contributed by atoms with Crippen LogP contribution < -0.4 is 12.4 Å². The van der Waals surface area contributed by atoms with Gasteiger partial charge >= 0.3 is 0 Å². The van der Waals surface area contributed by atoms with Crippen molar-refractivity contribution in [2.75, 3.05) is 45.8 Å². The number of halogens is 1. The first kappa shape index (κ1) is 30.0. The Hall–Kier alpha value is 0.210. The Labute approximate surface area is 167 Å². The van der Waals surface area contributed by atoms with Crippen LogP contribution in [-0.2, 0) is 0 Å². The molecule has 0 saturated heterocycles. The summed E-state index contributed by atoms with van der Waals surface area (Å²) in [4.78, 5) is 2.38. The van der Waals surface area contributed by atoms with E-state index in [4.69, 9.17) is 0 Å². The van der Waals surface area contributed by atoms with Gasteiger partial charge in [-0.05, 0) is 45.3 Å². The zero-order valence-electron chi connectivity index (χ0n) is 18.9. The van der Waals surface area contributed by atoms with Crippen molar-refractivity contribution in [3.05, 3.63) is 0 Å². The highest BCUT2D eigenvalue weighted by atomic mass is 35.5. The van der Waals surface area contributed by atoms with E-state index in [1.54, 1.807) is 0 Å². The van der Waals surface area contributed by atoms with Gasteiger partial charge in [0.15, 0.2) is 0 Å². The quantitative estimate of drug-likeness (QED) is 0.395. The van der Waals surface area contributed by atoms with Crippen molar-refractivity contribution in [3.8, 4) is 0 Å². The third-order valence-electron chi connectivity index (χ3n) is 5.29. The average Bonchev–Trinajstić information content (AvgIpc) is 2.62. The van der Waals surface area contributed by atoms with Crippen molar-refractivity contribution < 1.29 is 16.9 Å². The van der Waals surface area contributed by atoms with Crippen molar-refractivity contribution in [1.29, 1.82) is 0 Å². The SMILES string of the molecule is CCCC[N+](CCCC)(CCCC)CCCC.CCN(CC)CC.[Cl-]. The van der Waals surface area contributed by atoms with Gasteiger partial charge < -0.3 is 21.8 Å². The lowest BCUT2D eigenvalue weighted by molar-refractivity contribution is -0.929. The molecule has 0 unspecified atom stereocenters. The Bertz CT molecular complexity index is 187. The van der Waals surface area contributed by atoms with Gasteiger partial charge in [-0.15, -0.1) is 0 Å². The minimum Gasteiger partial charge on any atom is -1.00 e. The second-order valence-corrected chi connectivity index (χ2v) is 7.27. The second kappa shape index (κ2) is 22.3. The molecule has 0 rings (SSSR count). The Balaban J connectivity index is -0.000000513. The highest BCUT2D eigenvalue weighted by Crippen LogP contribution is 2.16. The number of hydrogen-bond acceptors (Lipinski definition) is 1. The van der Waals surface area contributed by atoms with E-state index < -0.39 is 0 Å². The summed E-state index contributed by atoms with van der Waals surface area (Å²) in [5, 5.41) is 0. The molecule has 0 aromatic rings. The molecular formula is C22H51ClN2. The summed E-state index contributed by atoms with van der Waals surface area (Å²) in [6, 6.07) is 0. The molecular weight excluding hydrogens is 328 g/mol. The van der Waals surface area contributed by atoms with Crippen molar-refractivity contribution >= 4 is 0 Å². The lowest BCUT2D eigenvalue weighted by Crippen LogP contribution is -3.00. The number of quaternary nitrogens is 1. The summed E-state index contributed by atoms with van der Waals surface area (Å²) in [6.07, 6.45) is 11.1. The Kier molecular flexibility index (Phi) is 26.7. The average molecular weight is 379 g/mol. The van der Waals surface area contributed by atoms with Gasteiger partial charge in [0.2, 0.25) is 0 Å². The molecule has 0 aliphatic carbocycles. The van der Waals surface area contributed by atoms with E-state index in [9.17, 15) is 0 Å². The molecule has 0 heterocycles. The molecule has 0 amide bonds. The van der Waals surface area contributed by atoms with Crippen molar-refractivity contribution in [1.82, 2.24) is 4.90 Å². The Morgan fingerprint density at radius 1 is 0.480 bits per heavy atom. The predicted octanol–water partition coefficient (Wildman–Crippen LogP) is 3.36. The van der Waals surface area contributed by atoms with Crippen LogP contribution in [0.4, 0.5) is 0 Å². The van der Waals surface area contributed by atoms with Crippen molar-refractivity contribution in [2.24, 2.45) is 0 Å². The van der Waals surface area contributed by atoms with Gasteiger partial charge in [0.05, 0.1) is 26.2 Å². The van der Waals surface area contributed by atoms with Crippen LogP contribution in [0.3, 0.4) is 0 Å². The molecule has 0 aliphatic heterocycles. The third kappa shape index (κ3) is 17.4. The van der Waals surface area contributed by atoms with Gasteiger partial charge in [0.1, 0.15) is 0 Å². The van der Waals surface area contributed by atoms with Crippen LogP contribution in [0.5, 0.6) is 0 Å². The fraction of sp³-hybridized carbons (Fsp3) is 1.00. The first-order valence-electron chi connectivity index (χ1n) is 11.2. The van der Waals surface area contributed by atoms with Crippen LogP contribution in [0.2, 0.25) is 0 Å². The fourth-order valence-corrected chi connectivity index (χ4v) is 3.32. The molecule has 0 aliphatic rings. The summed E-state index contributed by atoms with van der Waals surface area (Å²) < 4.78 is 1.42. The van der Waals surface area contributed by atoms with Crippen LogP contribution in [0, 0.1) is 0 Å². The number of hydrogen-bond donors (Lipinski definition) is 0. The van der Waals surface area contributed by atoms with E-state index in [1.165, 1.54) is 102 Å². The molecule has 0 N–H and O–H groups in total. The van der Waals surface area contributed by atoms with E-state index >= 15 is 0 Å². The molecule has 0 spiro atoms. The van der Waals surface area contributed by atoms with Gasteiger partial charge in [0.25, 0.3) is 0 Å². The van der Waals surface area contributed by atoms with Crippen LogP contribution in [-0.4, -0.2) is 55.2 Å². The van der Waals surface area contributed by atoms with E-state index in [0.717, 1.165) is 0 Å². The monoisotopic (exact) mass is 378 g/mol. The molecule has 0 aromatic carbocycles. The van der Waals surface area contributed by atoms with Crippen LogP contribution in [0.15, 0.2) is 0 Å². The van der Waals surface area contributed by atoms with Crippen LogP contribution >= 0.6 is 0 Å². The summed E-state index contributed by atoms with van der Waals surface area (Å²) >= 11 is 0. The lowest BCUT2D eigenvalue weighted by atomic mass is 10.1. The molecule has 156 valence electrons. The Morgan fingerprint density at radius 3 is 0.840 bits per heavy atom. The first-order chi connectivity index (χ1) is 11.6. The highest BCUT2D eigenvalue weighted by molar-refractivity contribution is 4.49. The minimum atomic E-state index is 0. The van der Waals surface area contributed by atoms with E-state index in [-0.39, 0.29) is 12.4 Å². The van der Waals surface area contributed by atoms with E-state index in [2.05, 4.69) is 53.4 Å². The molecule has 2 nitrogen and oxygen atoms in total. The van der Waals surface area contributed by atoms with E-state index in [1.807, 2.05) is 0 Å². The van der Waals surface area contributed by atoms with Crippen LogP contribution in [0.1, 0.15) is 99.8 Å². The maximum Gasteiger partial charge on any atom is 0.0786 e. The highest BCUT2D eigenvalue weighted by Gasteiger charge is 2.24. The summed E-state index contributed by atoms with van der Waals surface area (Å²) in [5.74, 6) is 0. The predicted molar refractivity (Wildman–Crippen MR) is 113 cm³/mol. The van der Waals surface area contributed by atoms with Gasteiger partial charge in [-0.25, -0.2) is 0 Å². The van der Waals surface area contributed by atoms with Gasteiger partial charge in [-0.2, -0.15) is 0 Å². The largest absolute Gasteiger partial charge is 1.00 e. The normalized spacial score (nSPS) is 11.0. The number of nitrogens with zero attached hydrogens (tertiary/aromatic N) is 2. The Morgan fingerprint density at radius 2 is 0.720 bits per heavy atom. The van der Waals surface area contributed by atoms with Crippen molar-refractivity contribution in [2.45, 2.75) is 99.8 Å². The zero-order chi connectivity index (χ0) is 18.7. The second-order valence-electron chi connectivity index (χ2n) is 7.27. The number of rotatable bonds is 15. The fourth-order valence-electron chi connectivity index (χ4n) is 3.32.